The Morgan fingerprint density at radius 3 is 2.45 bits per heavy atom. The van der Waals surface area contributed by atoms with Crippen LogP contribution in [0.1, 0.15) is 15.9 Å². The third-order valence-corrected chi connectivity index (χ3v) is 3.78. The number of carbonyl (C=O) groups excluding carboxylic acids is 2. The first kappa shape index (κ1) is 12.6. The molecule has 0 fully saturated rings. The topological polar surface area (TPSA) is 37.4 Å². The fourth-order valence-electron chi connectivity index (χ4n) is 2.68. The number of rotatable bonds is 2. The van der Waals surface area contributed by atoms with Crippen LogP contribution in [0.3, 0.4) is 0 Å². The van der Waals surface area contributed by atoms with Gasteiger partial charge in [0, 0.05) is 18.3 Å². The lowest BCUT2D eigenvalue weighted by Gasteiger charge is -2.30. The third kappa shape index (κ3) is 2.01. The second kappa shape index (κ2) is 4.93. The summed E-state index contributed by atoms with van der Waals surface area (Å²) in [5.74, 6) is -0.841. The van der Waals surface area contributed by atoms with Gasteiger partial charge in [-0.2, -0.15) is 0 Å². The molecule has 0 saturated heterocycles. The highest BCUT2D eigenvalue weighted by atomic mass is 16.2. The maximum Gasteiger partial charge on any atom is 0.238 e. The fourth-order valence-corrected chi connectivity index (χ4v) is 2.68. The Hall–Kier alpha value is -2.42. The number of fused-ring (bicyclic) bond motifs is 1. The van der Waals surface area contributed by atoms with Crippen LogP contribution in [0, 0.1) is 5.92 Å². The van der Waals surface area contributed by atoms with Crippen molar-refractivity contribution >= 4 is 17.4 Å². The average molecular weight is 265 g/mol. The van der Waals surface area contributed by atoms with Crippen molar-refractivity contribution in [1.82, 2.24) is 0 Å². The zero-order chi connectivity index (χ0) is 14.1. The summed E-state index contributed by atoms with van der Waals surface area (Å²) in [4.78, 5) is 26.5. The van der Waals surface area contributed by atoms with E-state index in [9.17, 15) is 9.59 Å². The first-order chi connectivity index (χ1) is 9.68. The van der Waals surface area contributed by atoms with Crippen LogP contribution in [0.25, 0.3) is 0 Å². The highest BCUT2D eigenvalue weighted by Gasteiger charge is 2.35. The van der Waals surface area contributed by atoms with Gasteiger partial charge in [-0.05, 0) is 18.1 Å². The van der Waals surface area contributed by atoms with Gasteiger partial charge < -0.3 is 4.90 Å². The lowest BCUT2D eigenvalue weighted by atomic mass is 9.86. The van der Waals surface area contributed by atoms with Crippen LogP contribution in [0.15, 0.2) is 54.6 Å². The summed E-state index contributed by atoms with van der Waals surface area (Å²) in [6, 6.07) is 16.7. The number of benzene rings is 2. The Morgan fingerprint density at radius 2 is 1.70 bits per heavy atom. The fraction of sp³-hybridized carbons (Fsp3) is 0.176. The molecule has 3 nitrogen and oxygen atoms in total. The standard InChI is InChI=1S/C17H15NO2/c1-18-15-10-6-5-9-13(15)11-14(17(18)20)16(19)12-7-3-2-4-8-12/h2-10,14H,11H2,1H3. The van der Waals surface area contributed by atoms with Crippen molar-refractivity contribution in [2.45, 2.75) is 6.42 Å². The third-order valence-electron chi connectivity index (χ3n) is 3.78. The number of nitrogens with zero attached hydrogens (tertiary/aromatic N) is 1. The summed E-state index contributed by atoms with van der Waals surface area (Å²) in [6.45, 7) is 0. The van der Waals surface area contributed by atoms with Gasteiger partial charge in [-0.15, -0.1) is 0 Å². The van der Waals surface area contributed by atoms with Crippen LogP contribution in [0.5, 0.6) is 0 Å². The van der Waals surface area contributed by atoms with Gasteiger partial charge in [0.1, 0.15) is 5.92 Å². The molecule has 100 valence electrons. The van der Waals surface area contributed by atoms with Crippen LogP contribution in [0.4, 0.5) is 5.69 Å². The molecule has 0 spiro atoms. The van der Waals surface area contributed by atoms with Gasteiger partial charge in [0.25, 0.3) is 0 Å². The van der Waals surface area contributed by atoms with E-state index in [1.165, 1.54) is 0 Å². The van der Waals surface area contributed by atoms with E-state index in [1.807, 2.05) is 42.5 Å². The molecule has 0 aliphatic carbocycles. The molecular weight excluding hydrogens is 250 g/mol. The quantitative estimate of drug-likeness (QED) is 0.618. The predicted molar refractivity (Wildman–Crippen MR) is 77.8 cm³/mol. The Morgan fingerprint density at radius 1 is 1.05 bits per heavy atom. The minimum absolute atomic E-state index is 0.100. The van der Waals surface area contributed by atoms with Gasteiger partial charge >= 0.3 is 0 Å². The Bertz CT molecular complexity index is 664. The smallest absolute Gasteiger partial charge is 0.238 e. The molecule has 0 N–H and O–H groups in total. The molecule has 0 radical (unpaired) electrons. The number of para-hydroxylation sites is 1. The first-order valence-corrected chi connectivity index (χ1v) is 6.63. The van der Waals surface area contributed by atoms with Crippen molar-refractivity contribution in [1.29, 1.82) is 0 Å². The molecule has 2 aromatic carbocycles. The van der Waals surface area contributed by atoms with E-state index in [-0.39, 0.29) is 11.7 Å². The molecule has 1 heterocycles. The van der Waals surface area contributed by atoms with E-state index < -0.39 is 5.92 Å². The van der Waals surface area contributed by atoms with Crippen LogP contribution in [0.2, 0.25) is 0 Å². The first-order valence-electron chi connectivity index (χ1n) is 6.63. The minimum atomic E-state index is -0.614. The largest absolute Gasteiger partial charge is 0.315 e. The number of carbonyl (C=O) groups is 2. The van der Waals surface area contributed by atoms with Gasteiger partial charge in [0.05, 0.1) is 0 Å². The van der Waals surface area contributed by atoms with Crippen LogP contribution in [-0.4, -0.2) is 18.7 Å². The van der Waals surface area contributed by atoms with Crippen molar-refractivity contribution in [2.24, 2.45) is 5.92 Å². The van der Waals surface area contributed by atoms with E-state index in [2.05, 4.69) is 0 Å². The predicted octanol–water partition coefficient (Wildman–Crippen LogP) is 2.70. The maximum absolute atomic E-state index is 12.5. The Labute approximate surface area is 117 Å². The van der Waals surface area contributed by atoms with Crippen molar-refractivity contribution in [3.05, 3.63) is 65.7 Å². The highest BCUT2D eigenvalue weighted by molar-refractivity contribution is 6.15. The summed E-state index contributed by atoms with van der Waals surface area (Å²) >= 11 is 0. The Balaban J connectivity index is 1.97. The van der Waals surface area contributed by atoms with E-state index in [0.29, 0.717) is 12.0 Å². The second-order valence-corrected chi connectivity index (χ2v) is 5.01. The lowest BCUT2D eigenvalue weighted by Crippen LogP contribution is -2.42. The summed E-state index contributed by atoms with van der Waals surface area (Å²) in [7, 11) is 1.73. The summed E-state index contributed by atoms with van der Waals surface area (Å²) in [5, 5.41) is 0. The normalized spacial score (nSPS) is 17.8. The van der Waals surface area contributed by atoms with Gasteiger partial charge in [0.15, 0.2) is 5.78 Å². The SMILES string of the molecule is CN1C(=O)C(C(=O)c2ccccc2)Cc2ccccc21. The van der Waals surface area contributed by atoms with Gasteiger partial charge in [-0.1, -0.05) is 48.5 Å². The molecule has 0 aromatic heterocycles. The molecular formula is C17H15NO2. The van der Waals surface area contributed by atoms with E-state index >= 15 is 0 Å². The summed E-state index contributed by atoms with van der Waals surface area (Å²) in [5.41, 5.74) is 2.54. The van der Waals surface area contributed by atoms with Gasteiger partial charge in [0.2, 0.25) is 5.91 Å². The molecule has 0 bridgehead atoms. The number of hydrogen-bond acceptors (Lipinski definition) is 2. The molecule has 3 rings (SSSR count). The number of anilines is 1. The van der Waals surface area contributed by atoms with Crippen molar-refractivity contribution in [2.75, 3.05) is 11.9 Å². The molecule has 2 aromatic rings. The zero-order valence-electron chi connectivity index (χ0n) is 11.2. The molecule has 0 saturated carbocycles. The molecule has 3 heteroatoms. The molecule has 1 aliphatic heterocycles. The van der Waals surface area contributed by atoms with Crippen LogP contribution < -0.4 is 4.90 Å². The number of hydrogen-bond donors (Lipinski definition) is 0. The Kier molecular flexibility index (Phi) is 3.11. The minimum Gasteiger partial charge on any atom is -0.315 e. The van der Waals surface area contributed by atoms with Gasteiger partial charge in [-0.3, -0.25) is 9.59 Å². The molecule has 20 heavy (non-hydrogen) atoms. The van der Waals surface area contributed by atoms with E-state index in [0.717, 1.165) is 11.3 Å². The number of amides is 1. The molecule has 1 amide bonds. The van der Waals surface area contributed by atoms with Crippen molar-refractivity contribution < 1.29 is 9.59 Å². The highest BCUT2D eigenvalue weighted by Crippen LogP contribution is 2.30. The van der Waals surface area contributed by atoms with Gasteiger partial charge in [-0.25, -0.2) is 0 Å². The average Bonchev–Trinajstić information content (AvgIpc) is 2.51. The van der Waals surface area contributed by atoms with Crippen molar-refractivity contribution in [3.63, 3.8) is 0 Å². The van der Waals surface area contributed by atoms with E-state index in [4.69, 9.17) is 0 Å². The molecule has 1 aliphatic rings. The van der Waals surface area contributed by atoms with Crippen molar-refractivity contribution in [3.8, 4) is 0 Å². The second-order valence-electron chi connectivity index (χ2n) is 5.01. The monoisotopic (exact) mass is 265 g/mol. The maximum atomic E-state index is 12.5. The number of Topliss-reactive ketones (excluding diaryl/α,β-unsaturated/α-hetero) is 1. The lowest BCUT2D eigenvalue weighted by molar-refractivity contribution is -0.121. The van der Waals surface area contributed by atoms with E-state index in [1.54, 1.807) is 24.1 Å². The van der Waals surface area contributed by atoms with Crippen LogP contribution >= 0.6 is 0 Å². The number of ketones is 1. The molecule has 1 unspecified atom stereocenters. The zero-order valence-corrected chi connectivity index (χ0v) is 11.2. The summed E-state index contributed by atoms with van der Waals surface area (Å²) in [6.07, 6.45) is 0.479. The van der Waals surface area contributed by atoms with Crippen LogP contribution in [-0.2, 0) is 11.2 Å². The summed E-state index contributed by atoms with van der Waals surface area (Å²) < 4.78 is 0. The molecule has 1 atom stereocenters.